The Labute approximate surface area is 151 Å². The van der Waals surface area contributed by atoms with E-state index < -0.39 is 56.7 Å². The highest BCUT2D eigenvalue weighted by molar-refractivity contribution is 7.89. The van der Waals surface area contributed by atoms with Crippen LogP contribution in [0.2, 0.25) is 0 Å². The fourth-order valence-corrected chi connectivity index (χ4v) is 3.42. The van der Waals surface area contributed by atoms with E-state index in [2.05, 4.69) is 9.71 Å². The number of carbonyl (C=O) groups excluding carboxylic acids is 1. The van der Waals surface area contributed by atoms with Gasteiger partial charge in [0.2, 0.25) is 10.0 Å². The van der Waals surface area contributed by atoms with Crippen LogP contribution in [0.15, 0.2) is 29.2 Å². The van der Waals surface area contributed by atoms with Crippen LogP contribution in [0.1, 0.15) is 34.0 Å². The van der Waals surface area contributed by atoms with Crippen LogP contribution in [0, 0.1) is 17.5 Å². The minimum Gasteiger partial charge on any atom is -0.356 e. The van der Waals surface area contributed by atoms with Crippen LogP contribution in [-0.2, 0) is 10.0 Å². The molecule has 0 aliphatic heterocycles. The lowest BCUT2D eigenvalue weighted by Crippen LogP contribution is -2.40. The second kappa shape index (κ2) is 6.76. The number of aromatic nitrogens is 1. The number of nitrogens with zero attached hydrogens (tertiary/aromatic N) is 1. The number of halogens is 3. The van der Waals surface area contributed by atoms with Gasteiger partial charge in [-0.2, -0.15) is 0 Å². The second-order valence-corrected chi connectivity index (χ2v) is 8.19. The van der Waals surface area contributed by atoms with E-state index in [4.69, 9.17) is 2.74 Å². The Hall–Kier alpha value is -2.33. The molecule has 0 atom stereocenters. The average molecular weight is 391 g/mol. The first-order valence-electron chi connectivity index (χ1n) is 8.31. The van der Waals surface area contributed by atoms with E-state index >= 15 is 0 Å². The summed E-state index contributed by atoms with van der Waals surface area (Å²) in [5.74, 6) is -6.65. The van der Waals surface area contributed by atoms with E-state index in [1.165, 1.54) is 0 Å². The first-order chi connectivity index (χ1) is 12.7. The molecule has 0 saturated heterocycles. The molecule has 6 nitrogen and oxygen atoms in total. The topological polar surface area (TPSA) is 82.3 Å². The third-order valence-corrected chi connectivity index (χ3v) is 4.86. The first-order valence-corrected chi connectivity index (χ1v) is 8.79. The number of anilines is 1. The second-order valence-electron chi connectivity index (χ2n) is 6.51. The Morgan fingerprint density at radius 1 is 1.23 bits per heavy atom. The molecule has 2 rings (SSSR count). The van der Waals surface area contributed by atoms with Crippen LogP contribution in [0.4, 0.5) is 18.9 Å². The first kappa shape index (κ1) is 17.1. The van der Waals surface area contributed by atoms with Crippen LogP contribution >= 0.6 is 0 Å². The van der Waals surface area contributed by atoms with E-state index in [1.54, 1.807) is 20.8 Å². The van der Waals surface area contributed by atoms with Crippen molar-refractivity contribution in [3.05, 3.63) is 47.5 Å². The quantitative estimate of drug-likeness (QED) is 0.787. The number of nitrogens with one attached hydrogen (secondary N) is 2. The molecule has 1 amide bonds. The van der Waals surface area contributed by atoms with E-state index in [0.717, 1.165) is 19.3 Å². The highest BCUT2D eigenvalue weighted by Gasteiger charge is 2.25. The summed E-state index contributed by atoms with van der Waals surface area (Å²) in [5.41, 5.74) is -1.85. The summed E-state index contributed by atoms with van der Waals surface area (Å²) in [6.45, 7) is 4.88. The monoisotopic (exact) mass is 391 g/mol. The molecule has 1 aromatic carbocycles. The van der Waals surface area contributed by atoms with Gasteiger partial charge in [0, 0.05) is 36.6 Å². The van der Waals surface area contributed by atoms with Crippen molar-refractivity contribution >= 4 is 21.6 Å². The molecule has 0 saturated carbocycles. The maximum Gasteiger partial charge on any atom is 0.274 e. The van der Waals surface area contributed by atoms with Gasteiger partial charge in [-0.3, -0.25) is 4.79 Å². The summed E-state index contributed by atoms with van der Waals surface area (Å²) in [6.07, 6.45) is 1.05. The Bertz CT molecular complexity index is 1020. The molecule has 0 spiro atoms. The highest BCUT2D eigenvalue weighted by Crippen LogP contribution is 2.22. The Morgan fingerprint density at radius 3 is 2.27 bits per heavy atom. The molecule has 0 fully saturated rings. The fraction of sp³-hybridized carbons (Fsp3) is 0.312. The van der Waals surface area contributed by atoms with E-state index in [0.29, 0.717) is 4.90 Å². The lowest BCUT2D eigenvalue weighted by Gasteiger charge is -2.19. The van der Waals surface area contributed by atoms with Gasteiger partial charge in [-0.05, 0) is 26.8 Å². The zero-order chi connectivity index (χ0) is 21.6. The van der Waals surface area contributed by atoms with Gasteiger partial charge in [0.15, 0.2) is 17.5 Å². The van der Waals surface area contributed by atoms with Gasteiger partial charge in [0.25, 0.3) is 5.91 Å². The number of rotatable bonds is 4. The molecular formula is C16H18F3N3O3S. The molecule has 1 aromatic heterocycles. The molecule has 2 N–H and O–H groups in total. The number of hydrogen-bond donors (Lipinski definition) is 2. The van der Waals surface area contributed by atoms with Crippen LogP contribution in [-0.4, -0.2) is 31.9 Å². The average Bonchev–Trinajstić information content (AvgIpc) is 3.06. The molecule has 0 aliphatic rings. The fourth-order valence-electron chi connectivity index (χ4n) is 2.01. The normalized spacial score (nSPS) is 13.3. The zero-order valence-corrected chi connectivity index (χ0v) is 15.2. The molecule has 0 radical (unpaired) electrons. The molecule has 26 heavy (non-hydrogen) atoms. The molecule has 0 unspecified atom stereocenters. The SMILES string of the molecule is [2H]c1c(F)c(F)c(F)c([2H])c1N(C)C(=O)c1cc(S(=O)(=O)NC(C)(C)C)c[nH]1. The summed E-state index contributed by atoms with van der Waals surface area (Å²) in [5, 5.41) is 0. The van der Waals surface area contributed by atoms with Gasteiger partial charge in [-0.25, -0.2) is 26.3 Å². The van der Waals surface area contributed by atoms with Crippen molar-refractivity contribution in [1.82, 2.24) is 9.71 Å². The van der Waals surface area contributed by atoms with Crippen molar-refractivity contribution in [3.63, 3.8) is 0 Å². The molecule has 0 bridgehead atoms. The predicted octanol–water partition coefficient (Wildman–Crippen LogP) is 2.79. The minimum absolute atomic E-state index is 0.257. The number of amides is 1. The van der Waals surface area contributed by atoms with Crippen LogP contribution < -0.4 is 9.62 Å². The van der Waals surface area contributed by atoms with Crippen molar-refractivity contribution < 1.29 is 29.1 Å². The predicted molar refractivity (Wildman–Crippen MR) is 89.9 cm³/mol. The summed E-state index contributed by atoms with van der Waals surface area (Å²) in [6, 6.07) is -1.35. The number of hydrogen-bond acceptors (Lipinski definition) is 3. The van der Waals surface area contributed by atoms with Gasteiger partial charge in [0.05, 0.1) is 2.74 Å². The van der Waals surface area contributed by atoms with Gasteiger partial charge in [0.1, 0.15) is 10.6 Å². The van der Waals surface area contributed by atoms with Crippen LogP contribution in [0.25, 0.3) is 0 Å². The molecule has 142 valence electrons. The Morgan fingerprint density at radius 2 is 1.77 bits per heavy atom. The molecular weight excluding hydrogens is 371 g/mol. The lowest BCUT2D eigenvalue weighted by atomic mass is 10.1. The molecule has 2 aromatic rings. The lowest BCUT2D eigenvalue weighted by molar-refractivity contribution is 0.0988. The zero-order valence-electron chi connectivity index (χ0n) is 16.4. The third kappa shape index (κ3) is 4.25. The number of benzene rings is 1. The van der Waals surface area contributed by atoms with Gasteiger partial charge in [-0.15, -0.1) is 0 Å². The summed E-state index contributed by atoms with van der Waals surface area (Å²) in [4.78, 5) is 15.3. The standard InChI is InChI=1S/C16H18F3N3O3S/c1-16(2,3)21-26(24,25)10-7-13(20-8-10)15(23)22(4)9-5-11(17)14(19)12(18)6-9/h5-8,20-21H,1-4H3/i5D,6D. The van der Waals surface area contributed by atoms with Crippen LogP contribution in [0.5, 0.6) is 0 Å². The number of carbonyl (C=O) groups is 1. The molecule has 10 heteroatoms. The van der Waals surface area contributed by atoms with Gasteiger partial charge < -0.3 is 9.88 Å². The minimum atomic E-state index is -3.95. The van der Waals surface area contributed by atoms with Gasteiger partial charge >= 0.3 is 0 Å². The summed E-state index contributed by atoms with van der Waals surface area (Å²) in [7, 11) is -2.93. The number of aromatic amines is 1. The van der Waals surface area contributed by atoms with E-state index in [-0.39, 0.29) is 10.6 Å². The van der Waals surface area contributed by atoms with Crippen molar-refractivity contribution in [2.75, 3.05) is 11.9 Å². The number of H-pyrrole nitrogens is 1. The smallest absolute Gasteiger partial charge is 0.274 e. The van der Waals surface area contributed by atoms with Crippen molar-refractivity contribution in [2.24, 2.45) is 0 Å². The summed E-state index contributed by atoms with van der Waals surface area (Å²) >= 11 is 0. The van der Waals surface area contributed by atoms with E-state index in [1.807, 2.05) is 0 Å². The van der Waals surface area contributed by atoms with E-state index in [9.17, 15) is 26.4 Å². The maximum absolute atomic E-state index is 13.7. The number of sulfonamides is 1. The highest BCUT2D eigenvalue weighted by atomic mass is 32.2. The van der Waals surface area contributed by atoms with Gasteiger partial charge in [-0.1, -0.05) is 0 Å². The Balaban J connectivity index is 2.43. The molecule has 1 heterocycles. The molecule has 0 aliphatic carbocycles. The maximum atomic E-state index is 13.7. The third-order valence-electron chi connectivity index (χ3n) is 3.12. The Kier molecular flexibility index (Phi) is 4.45. The van der Waals surface area contributed by atoms with Crippen molar-refractivity contribution in [2.45, 2.75) is 31.2 Å². The van der Waals surface area contributed by atoms with Crippen molar-refractivity contribution in [1.29, 1.82) is 0 Å². The summed E-state index contributed by atoms with van der Waals surface area (Å²) < 4.78 is 82.7. The largest absolute Gasteiger partial charge is 0.356 e. The van der Waals surface area contributed by atoms with Crippen LogP contribution in [0.3, 0.4) is 0 Å². The van der Waals surface area contributed by atoms with Crippen molar-refractivity contribution in [3.8, 4) is 0 Å².